The van der Waals surface area contributed by atoms with E-state index in [1.165, 1.54) is 12.1 Å². The molecule has 1 nitrogen and oxygen atoms in total. The van der Waals surface area contributed by atoms with Gasteiger partial charge in [-0.05, 0) is 49.3 Å². The number of hydrogen-bond acceptors (Lipinski definition) is 1. The maximum absolute atomic E-state index is 12.5. The minimum Gasteiger partial charge on any atom is -0.611 e. The molecule has 1 rings (SSSR count). The summed E-state index contributed by atoms with van der Waals surface area (Å²) in [7, 11) is 0. The number of hydrogen-bond donors (Lipinski definition) is 0. The van der Waals surface area contributed by atoms with Gasteiger partial charge in [0, 0.05) is 0 Å². The summed E-state index contributed by atoms with van der Waals surface area (Å²) in [6.45, 7) is 3.75. The highest BCUT2D eigenvalue weighted by Gasteiger charge is 2.14. The molecule has 0 heterocycles. The third-order valence-electron chi connectivity index (χ3n) is 1.47. The summed E-state index contributed by atoms with van der Waals surface area (Å²) in [5.74, 6) is -0.292. The summed E-state index contributed by atoms with van der Waals surface area (Å²) in [5.41, 5.74) is 0. The van der Waals surface area contributed by atoms with Crippen molar-refractivity contribution in [3.05, 3.63) is 30.1 Å². The zero-order chi connectivity index (χ0) is 9.14. The van der Waals surface area contributed by atoms with Gasteiger partial charge in [0.1, 0.15) is 11.1 Å². The van der Waals surface area contributed by atoms with Crippen molar-refractivity contribution in [2.75, 3.05) is 0 Å². The number of halogens is 1. The van der Waals surface area contributed by atoms with Crippen molar-refractivity contribution in [1.82, 2.24) is 0 Å². The van der Waals surface area contributed by atoms with Crippen LogP contribution >= 0.6 is 0 Å². The standard InChI is InChI=1S/C9H11FOS/c1-7(2)12(11)9-5-3-8(10)4-6-9/h3-7H,1-2H3. The van der Waals surface area contributed by atoms with E-state index in [-0.39, 0.29) is 11.1 Å². The predicted molar refractivity (Wildman–Crippen MR) is 47.9 cm³/mol. The van der Waals surface area contributed by atoms with Gasteiger partial charge in [0.2, 0.25) is 0 Å². The third kappa shape index (κ3) is 2.22. The van der Waals surface area contributed by atoms with Crippen LogP contribution < -0.4 is 0 Å². The fourth-order valence-electron chi connectivity index (χ4n) is 0.841. The van der Waals surface area contributed by atoms with Crippen LogP contribution in [0.3, 0.4) is 0 Å². The van der Waals surface area contributed by atoms with Crippen LogP contribution in [0.1, 0.15) is 13.8 Å². The van der Waals surface area contributed by atoms with Gasteiger partial charge in [0.15, 0.2) is 4.90 Å². The molecule has 0 fully saturated rings. The van der Waals surface area contributed by atoms with Gasteiger partial charge < -0.3 is 4.55 Å². The summed E-state index contributed by atoms with van der Waals surface area (Å²) in [4.78, 5) is 0.686. The molecule has 1 unspecified atom stereocenters. The van der Waals surface area contributed by atoms with Gasteiger partial charge in [-0.3, -0.25) is 0 Å². The van der Waals surface area contributed by atoms with Gasteiger partial charge in [0.25, 0.3) is 0 Å². The first kappa shape index (κ1) is 9.55. The Morgan fingerprint density at radius 2 is 1.75 bits per heavy atom. The normalized spacial score (nSPS) is 13.4. The molecule has 1 atom stereocenters. The van der Waals surface area contributed by atoms with Gasteiger partial charge in [-0.1, -0.05) is 0 Å². The minimum absolute atomic E-state index is 0.0791. The van der Waals surface area contributed by atoms with Crippen LogP contribution in [0.2, 0.25) is 0 Å². The quantitative estimate of drug-likeness (QED) is 0.650. The van der Waals surface area contributed by atoms with E-state index < -0.39 is 11.2 Å². The zero-order valence-electron chi connectivity index (χ0n) is 7.08. The SMILES string of the molecule is CC(C)[S+]([O-])c1ccc(F)cc1. The number of benzene rings is 1. The average Bonchev–Trinajstić information content (AvgIpc) is 2.04. The molecule has 0 aromatic heterocycles. The molecule has 0 spiro atoms. The molecule has 0 N–H and O–H groups in total. The molecule has 0 saturated carbocycles. The molecule has 0 aliphatic heterocycles. The van der Waals surface area contributed by atoms with E-state index in [2.05, 4.69) is 0 Å². The first-order valence-corrected chi connectivity index (χ1v) is 4.98. The van der Waals surface area contributed by atoms with Crippen molar-refractivity contribution in [2.45, 2.75) is 24.0 Å². The highest BCUT2D eigenvalue weighted by Crippen LogP contribution is 2.15. The van der Waals surface area contributed by atoms with Crippen molar-refractivity contribution in [3.8, 4) is 0 Å². The first-order chi connectivity index (χ1) is 5.61. The molecule has 1 aromatic rings. The molecule has 1 aromatic carbocycles. The minimum atomic E-state index is -1.01. The fraction of sp³-hybridized carbons (Fsp3) is 0.333. The highest BCUT2D eigenvalue weighted by atomic mass is 32.2. The van der Waals surface area contributed by atoms with E-state index in [4.69, 9.17) is 0 Å². The third-order valence-corrected chi connectivity index (χ3v) is 3.07. The van der Waals surface area contributed by atoms with E-state index in [1.54, 1.807) is 12.1 Å². The Hall–Kier alpha value is -0.540. The summed E-state index contributed by atoms with van der Waals surface area (Å²) >= 11 is -1.01. The van der Waals surface area contributed by atoms with Crippen LogP contribution in [0.5, 0.6) is 0 Å². The van der Waals surface area contributed by atoms with E-state index in [1.807, 2.05) is 13.8 Å². The molecule has 12 heavy (non-hydrogen) atoms. The van der Waals surface area contributed by atoms with Crippen molar-refractivity contribution in [2.24, 2.45) is 0 Å². The Morgan fingerprint density at radius 1 is 1.25 bits per heavy atom. The van der Waals surface area contributed by atoms with Crippen LogP contribution in [0, 0.1) is 5.82 Å². The molecule has 0 saturated heterocycles. The second-order valence-corrected chi connectivity index (χ2v) is 4.81. The van der Waals surface area contributed by atoms with Crippen molar-refractivity contribution in [3.63, 3.8) is 0 Å². The van der Waals surface area contributed by atoms with E-state index >= 15 is 0 Å². The Morgan fingerprint density at radius 3 is 2.17 bits per heavy atom. The van der Waals surface area contributed by atoms with E-state index in [0.717, 1.165) is 0 Å². The van der Waals surface area contributed by atoms with E-state index in [9.17, 15) is 8.94 Å². The molecular formula is C9H11FOS. The van der Waals surface area contributed by atoms with Gasteiger partial charge in [0.05, 0.1) is 0 Å². The van der Waals surface area contributed by atoms with E-state index in [0.29, 0.717) is 4.90 Å². The lowest BCUT2D eigenvalue weighted by Gasteiger charge is -2.13. The van der Waals surface area contributed by atoms with Gasteiger partial charge in [-0.25, -0.2) is 4.39 Å². The van der Waals surface area contributed by atoms with Gasteiger partial charge >= 0.3 is 0 Å². The predicted octanol–water partition coefficient (Wildman–Crippen LogP) is 2.34. The zero-order valence-corrected chi connectivity index (χ0v) is 7.90. The lowest BCUT2D eigenvalue weighted by atomic mass is 10.4. The Kier molecular flexibility index (Phi) is 3.12. The van der Waals surface area contributed by atoms with Crippen LogP contribution in [-0.2, 0) is 11.2 Å². The van der Waals surface area contributed by atoms with Crippen molar-refractivity contribution < 1.29 is 8.94 Å². The second-order valence-electron chi connectivity index (χ2n) is 2.80. The molecular weight excluding hydrogens is 175 g/mol. The summed E-state index contributed by atoms with van der Waals surface area (Å²) in [6.07, 6.45) is 0. The first-order valence-electron chi connectivity index (χ1n) is 3.77. The van der Waals surface area contributed by atoms with Crippen LogP contribution in [-0.4, -0.2) is 9.80 Å². The smallest absolute Gasteiger partial charge is 0.153 e. The molecule has 3 heteroatoms. The Balaban J connectivity index is 2.82. The molecule has 66 valence electrons. The average molecular weight is 186 g/mol. The summed E-state index contributed by atoms with van der Waals surface area (Å²) < 4.78 is 23.9. The van der Waals surface area contributed by atoms with Crippen LogP contribution in [0.15, 0.2) is 29.2 Å². The molecule has 0 amide bonds. The lowest BCUT2D eigenvalue weighted by Crippen LogP contribution is -2.13. The molecule has 0 aliphatic carbocycles. The van der Waals surface area contributed by atoms with Crippen LogP contribution in [0.25, 0.3) is 0 Å². The molecule has 0 aliphatic rings. The second kappa shape index (κ2) is 3.92. The Labute approximate surface area is 74.8 Å². The number of rotatable bonds is 2. The topological polar surface area (TPSA) is 23.1 Å². The Bertz CT molecular complexity index is 245. The maximum Gasteiger partial charge on any atom is 0.153 e. The van der Waals surface area contributed by atoms with Crippen molar-refractivity contribution >= 4 is 11.2 Å². The van der Waals surface area contributed by atoms with Gasteiger partial charge in [-0.2, -0.15) is 0 Å². The maximum atomic E-state index is 12.5. The van der Waals surface area contributed by atoms with Crippen LogP contribution in [0.4, 0.5) is 4.39 Å². The summed E-state index contributed by atoms with van der Waals surface area (Å²) in [6, 6.07) is 5.78. The molecule has 0 radical (unpaired) electrons. The van der Waals surface area contributed by atoms with Gasteiger partial charge in [-0.15, -0.1) is 0 Å². The highest BCUT2D eigenvalue weighted by molar-refractivity contribution is 7.92. The lowest BCUT2D eigenvalue weighted by molar-refractivity contribution is 0.585. The molecule has 0 bridgehead atoms. The fourth-order valence-corrected chi connectivity index (χ4v) is 1.79. The van der Waals surface area contributed by atoms with Crippen molar-refractivity contribution in [1.29, 1.82) is 0 Å². The largest absolute Gasteiger partial charge is 0.611 e. The monoisotopic (exact) mass is 186 g/mol. The summed E-state index contributed by atoms with van der Waals surface area (Å²) in [5, 5.41) is 0.0791.